The first-order valence-electron chi connectivity index (χ1n) is 10.0. The third kappa shape index (κ3) is 0.918. The van der Waals surface area contributed by atoms with Crippen molar-refractivity contribution in [2.45, 2.75) is 73.1 Å². The van der Waals surface area contributed by atoms with Gasteiger partial charge < -0.3 is 0 Å². The van der Waals surface area contributed by atoms with Crippen LogP contribution in [0.1, 0.15) is 73.1 Å². The Morgan fingerprint density at radius 3 is 2.10 bits per heavy atom. The zero-order valence-electron chi connectivity index (χ0n) is 14.8. The largest absolute Gasteiger partial charge is 0.0651 e. The van der Waals surface area contributed by atoms with Crippen molar-refractivity contribution >= 4 is 0 Å². The summed E-state index contributed by atoms with van der Waals surface area (Å²) in [5, 5.41) is 0. The Morgan fingerprint density at radius 1 is 0.905 bits per heavy atom. The van der Waals surface area contributed by atoms with Gasteiger partial charge in [-0.2, -0.15) is 0 Å². The third-order valence-electron chi connectivity index (χ3n) is 10.7. The molecule has 5 fully saturated rings. The minimum atomic E-state index is 0.660. The van der Waals surface area contributed by atoms with Gasteiger partial charge in [-0.3, -0.25) is 0 Å². The first-order valence-corrected chi connectivity index (χ1v) is 10.0. The van der Waals surface area contributed by atoms with E-state index in [1.54, 1.807) is 12.8 Å². The highest BCUT2D eigenvalue weighted by atomic mass is 15.0. The van der Waals surface area contributed by atoms with Crippen LogP contribution < -0.4 is 0 Å². The molecule has 118 valence electrons. The number of fused-ring (bicyclic) bond motifs is 4. The third-order valence-corrected chi connectivity index (χ3v) is 10.7. The van der Waals surface area contributed by atoms with Crippen molar-refractivity contribution in [1.82, 2.24) is 0 Å². The molecule has 0 nitrogen and oxygen atoms in total. The van der Waals surface area contributed by atoms with Gasteiger partial charge in [-0.05, 0) is 76.9 Å². The van der Waals surface area contributed by atoms with Gasteiger partial charge in [0.05, 0.1) is 0 Å². The lowest BCUT2D eigenvalue weighted by molar-refractivity contribution is -0.475. The highest BCUT2D eigenvalue weighted by molar-refractivity contribution is 5.42. The van der Waals surface area contributed by atoms with Crippen LogP contribution in [-0.4, -0.2) is 0 Å². The van der Waals surface area contributed by atoms with Crippen molar-refractivity contribution in [2.75, 3.05) is 0 Å². The second-order valence-corrected chi connectivity index (χ2v) is 9.92. The monoisotopic (exact) mass is 286 g/mol. The van der Waals surface area contributed by atoms with Crippen LogP contribution in [0.2, 0.25) is 0 Å². The zero-order valence-corrected chi connectivity index (χ0v) is 14.8. The lowest BCUT2D eigenvalue weighted by Gasteiger charge is -2.94. The molecule has 0 aliphatic heterocycles. The normalized spacial score (nSPS) is 69.9. The molecule has 5 aliphatic rings. The van der Waals surface area contributed by atoms with E-state index in [9.17, 15) is 0 Å². The molecule has 0 aromatic carbocycles. The van der Waals surface area contributed by atoms with Gasteiger partial charge in [0.2, 0.25) is 0 Å². The fourth-order valence-corrected chi connectivity index (χ4v) is 10.5. The van der Waals surface area contributed by atoms with E-state index in [1.165, 1.54) is 25.7 Å². The molecule has 0 radical (unpaired) electrons. The van der Waals surface area contributed by atoms with Gasteiger partial charge in [-0.1, -0.05) is 53.9 Å². The van der Waals surface area contributed by atoms with Crippen molar-refractivity contribution in [3.05, 3.63) is 0 Å². The summed E-state index contributed by atoms with van der Waals surface area (Å²) in [5.74, 6) is 7.70. The van der Waals surface area contributed by atoms with Crippen LogP contribution in [0, 0.1) is 57.7 Å². The summed E-state index contributed by atoms with van der Waals surface area (Å²) < 4.78 is 0. The molecule has 0 amide bonds. The number of rotatable bonds is 2. The summed E-state index contributed by atoms with van der Waals surface area (Å²) in [6, 6.07) is 0. The molecule has 0 N–H and O–H groups in total. The fraction of sp³-hybridized carbons (Fsp3) is 1.00. The van der Waals surface area contributed by atoms with E-state index in [1.807, 2.05) is 0 Å². The molecule has 5 aliphatic carbocycles. The van der Waals surface area contributed by atoms with E-state index in [0.717, 1.165) is 52.3 Å². The molecule has 21 heavy (non-hydrogen) atoms. The molecule has 0 bridgehead atoms. The predicted molar refractivity (Wildman–Crippen MR) is 87.8 cm³/mol. The Balaban J connectivity index is 1.65. The van der Waals surface area contributed by atoms with Crippen LogP contribution in [0.3, 0.4) is 0 Å². The van der Waals surface area contributed by atoms with E-state index < -0.39 is 0 Å². The van der Waals surface area contributed by atoms with Gasteiger partial charge in [-0.25, -0.2) is 0 Å². The zero-order chi connectivity index (χ0) is 14.8. The molecule has 5 rings (SSSR count). The van der Waals surface area contributed by atoms with Crippen LogP contribution in [0.25, 0.3) is 0 Å². The molecule has 1 spiro atoms. The van der Waals surface area contributed by atoms with Gasteiger partial charge in [-0.15, -0.1) is 0 Å². The van der Waals surface area contributed by atoms with Crippen LogP contribution in [0.4, 0.5) is 0 Å². The minimum Gasteiger partial charge on any atom is -0.0651 e. The lowest BCUT2D eigenvalue weighted by atomic mass is 9.10. The fourth-order valence-electron chi connectivity index (χ4n) is 10.5. The smallest absolute Gasteiger partial charge is 0.0116 e. The summed E-state index contributed by atoms with van der Waals surface area (Å²) in [6.07, 6.45) is 9.13. The van der Waals surface area contributed by atoms with Crippen LogP contribution >= 0.6 is 0 Å². The highest BCUT2D eigenvalue weighted by Gasteiger charge is 2.96. The Hall–Kier alpha value is 0. The molecule has 0 saturated heterocycles. The van der Waals surface area contributed by atoms with Crippen LogP contribution in [0.5, 0.6) is 0 Å². The van der Waals surface area contributed by atoms with E-state index in [0.29, 0.717) is 5.41 Å². The lowest BCUT2D eigenvalue weighted by Crippen LogP contribution is -2.90. The molecule has 0 heterocycles. The van der Waals surface area contributed by atoms with E-state index in [4.69, 9.17) is 0 Å². The summed E-state index contributed by atoms with van der Waals surface area (Å²) in [5.41, 5.74) is 2.19. The maximum absolute atomic E-state index is 2.77. The Labute approximate surface area is 131 Å². The first kappa shape index (κ1) is 13.4. The van der Waals surface area contributed by atoms with Gasteiger partial charge in [0, 0.05) is 0 Å². The maximum Gasteiger partial charge on any atom is -0.0116 e. The molecular formula is C21H34. The van der Waals surface area contributed by atoms with E-state index >= 15 is 0 Å². The van der Waals surface area contributed by atoms with E-state index in [2.05, 4.69) is 34.6 Å². The summed E-state index contributed by atoms with van der Waals surface area (Å²) in [7, 11) is 0. The number of hydrogen-bond donors (Lipinski definition) is 0. The molecule has 0 heteroatoms. The Kier molecular flexibility index (Phi) is 2.28. The second kappa shape index (κ2) is 3.57. The Bertz CT molecular complexity index is 468. The molecule has 5 saturated carbocycles. The molecule has 10 atom stereocenters. The Morgan fingerprint density at radius 2 is 1.52 bits per heavy atom. The summed E-state index contributed by atoms with van der Waals surface area (Å²) in [4.78, 5) is 0. The van der Waals surface area contributed by atoms with Crippen LogP contribution in [-0.2, 0) is 0 Å². The quantitative estimate of drug-likeness (QED) is 0.604. The molecule has 6 unspecified atom stereocenters. The molecular weight excluding hydrogens is 252 g/mol. The van der Waals surface area contributed by atoms with Gasteiger partial charge in [0.15, 0.2) is 0 Å². The van der Waals surface area contributed by atoms with E-state index in [-0.39, 0.29) is 0 Å². The summed E-state index contributed by atoms with van der Waals surface area (Å²) >= 11 is 0. The molecule has 0 aromatic heterocycles. The summed E-state index contributed by atoms with van der Waals surface area (Å²) in [6.45, 7) is 13.1. The van der Waals surface area contributed by atoms with Crippen molar-refractivity contribution in [3.63, 3.8) is 0 Å². The van der Waals surface area contributed by atoms with Gasteiger partial charge in [0.1, 0.15) is 0 Å². The topological polar surface area (TPSA) is 0 Å². The van der Waals surface area contributed by atoms with Crippen molar-refractivity contribution < 1.29 is 0 Å². The predicted octanol–water partition coefficient (Wildman–Crippen LogP) is 5.77. The van der Waals surface area contributed by atoms with Crippen molar-refractivity contribution in [3.8, 4) is 0 Å². The highest BCUT2D eigenvalue weighted by Crippen LogP contribution is 3.00. The van der Waals surface area contributed by atoms with Gasteiger partial charge in [0.25, 0.3) is 0 Å². The molecule has 0 aromatic rings. The minimum absolute atomic E-state index is 0.660. The van der Waals surface area contributed by atoms with Crippen LogP contribution in [0.15, 0.2) is 0 Å². The maximum atomic E-state index is 2.77. The average Bonchev–Trinajstić information content (AvgIpc) is 2.62. The van der Waals surface area contributed by atoms with Gasteiger partial charge >= 0.3 is 0 Å². The SMILES string of the molecule is CCC1[C@H]2[C@@H]3CCCCC3C3C4C(C)[C@](C)(CC)C41[C@@]32C. The second-order valence-electron chi connectivity index (χ2n) is 9.92. The number of hydrogen-bond acceptors (Lipinski definition) is 0. The standard InChI is InChI=1S/C21H34/c1-6-15-17-13-10-8-9-11-14(13)18-16-12(3)19(4,7-2)21(15,16)20(17,18)5/h12-18H,6-11H2,1-5H3/t12?,13-,14?,15?,16?,17-,18?,19+,20-,21?/m1/s1. The van der Waals surface area contributed by atoms with Crippen molar-refractivity contribution in [1.29, 1.82) is 0 Å². The van der Waals surface area contributed by atoms with Crippen molar-refractivity contribution in [2.24, 2.45) is 57.7 Å². The first-order chi connectivity index (χ1) is 10.0. The average molecular weight is 287 g/mol.